The fourth-order valence-corrected chi connectivity index (χ4v) is 2.90. The monoisotopic (exact) mass is 365 g/mol. The molecular weight excluding hydrogens is 346 g/mol. The summed E-state index contributed by atoms with van der Waals surface area (Å²) in [7, 11) is 1.29. The zero-order valence-corrected chi connectivity index (χ0v) is 14.2. The summed E-state index contributed by atoms with van der Waals surface area (Å²) in [6, 6.07) is 5.15. The number of hydrogen-bond donors (Lipinski definition) is 2. The zero-order valence-electron chi connectivity index (χ0n) is 11.8. The molecule has 1 rings (SSSR count). The van der Waals surface area contributed by atoms with Crippen molar-refractivity contribution in [2.24, 2.45) is 0 Å². The average Bonchev–Trinajstić information content (AvgIpc) is 2.38. The minimum atomic E-state index is -3.59. The van der Waals surface area contributed by atoms with Gasteiger partial charge in [0.1, 0.15) is 5.75 Å². The van der Waals surface area contributed by atoms with Gasteiger partial charge >= 0.3 is 10.2 Å². The number of halogens is 1. The Kier molecular flexibility index (Phi) is 6.74. The number of benzene rings is 1. The summed E-state index contributed by atoms with van der Waals surface area (Å²) >= 11 is 3.31. The quantitative estimate of drug-likeness (QED) is 0.687. The Morgan fingerprint density at radius 1 is 1.40 bits per heavy atom. The van der Waals surface area contributed by atoms with Crippen molar-refractivity contribution in [3.63, 3.8) is 0 Å². The molecule has 0 aromatic heterocycles. The Labute approximate surface area is 128 Å². The Hall–Kier alpha value is -0.830. The maximum atomic E-state index is 12.2. The minimum absolute atomic E-state index is 0.405. The van der Waals surface area contributed by atoms with E-state index in [0.717, 1.165) is 17.4 Å². The van der Waals surface area contributed by atoms with Crippen LogP contribution in [0.15, 0.2) is 22.7 Å². The van der Waals surface area contributed by atoms with Gasteiger partial charge in [0.2, 0.25) is 0 Å². The molecule has 0 radical (unpaired) electrons. The van der Waals surface area contributed by atoms with Crippen molar-refractivity contribution in [2.75, 3.05) is 39.0 Å². The lowest BCUT2D eigenvalue weighted by Gasteiger charge is -2.19. The molecule has 2 N–H and O–H groups in total. The molecule has 114 valence electrons. The first-order valence-corrected chi connectivity index (χ1v) is 8.36. The van der Waals surface area contributed by atoms with E-state index in [1.165, 1.54) is 11.4 Å². The topological polar surface area (TPSA) is 70.7 Å². The lowest BCUT2D eigenvalue weighted by Crippen LogP contribution is -2.34. The van der Waals surface area contributed by atoms with E-state index in [1.807, 2.05) is 7.05 Å². The molecule has 0 heterocycles. The minimum Gasteiger partial charge on any atom is -0.495 e. The predicted octanol–water partition coefficient (Wildman–Crippen LogP) is 1.66. The van der Waals surface area contributed by atoms with Gasteiger partial charge in [-0.25, -0.2) is 0 Å². The SMILES string of the molecule is CNCCCN(C)S(=O)(=O)Nc1cc(Br)ccc1OC. The van der Waals surface area contributed by atoms with E-state index < -0.39 is 10.2 Å². The highest BCUT2D eigenvalue weighted by molar-refractivity contribution is 9.10. The van der Waals surface area contributed by atoms with Gasteiger partial charge < -0.3 is 10.1 Å². The van der Waals surface area contributed by atoms with E-state index in [-0.39, 0.29) is 0 Å². The van der Waals surface area contributed by atoms with Crippen LogP contribution in [-0.2, 0) is 10.2 Å². The summed E-state index contributed by atoms with van der Waals surface area (Å²) in [5.41, 5.74) is 0.405. The average molecular weight is 366 g/mol. The first-order chi connectivity index (χ1) is 9.40. The molecule has 0 saturated heterocycles. The van der Waals surface area contributed by atoms with Crippen molar-refractivity contribution in [3.8, 4) is 5.75 Å². The predicted molar refractivity (Wildman–Crippen MR) is 84.4 cm³/mol. The second kappa shape index (κ2) is 7.82. The Morgan fingerprint density at radius 3 is 2.70 bits per heavy atom. The van der Waals surface area contributed by atoms with Gasteiger partial charge in [0, 0.05) is 18.1 Å². The van der Waals surface area contributed by atoms with E-state index >= 15 is 0 Å². The van der Waals surface area contributed by atoms with E-state index in [1.54, 1.807) is 25.2 Å². The van der Waals surface area contributed by atoms with Gasteiger partial charge in [-0.3, -0.25) is 4.72 Å². The van der Waals surface area contributed by atoms with Crippen LogP contribution in [0.2, 0.25) is 0 Å². The van der Waals surface area contributed by atoms with Gasteiger partial charge in [0.15, 0.2) is 0 Å². The number of nitrogens with one attached hydrogen (secondary N) is 2. The lowest BCUT2D eigenvalue weighted by atomic mass is 10.3. The van der Waals surface area contributed by atoms with Crippen molar-refractivity contribution in [3.05, 3.63) is 22.7 Å². The third-order valence-electron chi connectivity index (χ3n) is 2.71. The Bertz CT molecular complexity index is 537. The van der Waals surface area contributed by atoms with Crippen molar-refractivity contribution >= 4 is 31.8 Å². The van der Waals surface area contributed by atoms with Gasteiger partial charge in [0.05, 0.1) is 12.8 Å². The molecule has 0 aliphatic carbocycles. The standard InChI is InChI=1S/C12H20BrN3O3S/c1-14-7-4-8-16(2)20(17,18)15-11-9-10(13)5-6-12(11)19-3/h5-6,9,14-15H,4,7-8H2,1-3H3. The van der Waals surface area contributed by atoms with E-state index in [4.69, 9.17) is 4.74 Å². The van der Waals surface area contributed by atoms with Gasteiger partial charge in [-0.1, -0.05) is 15.9 Å². The van der Waals surface area contributed by atoms with Gasteiger partial charge in [-0.05, 0) is 38.2 Å². The first kappa shape index (κ1) is 17.2. The number of hydrogen-bond acceptors (Lipinski definition) is 4. The van der Waals surface area contributed by atoms with Crippen LogP contribution in [0.25, 0.3) is 0 Å². The molecule has 8 heteroatoms. The van der Waals surface area contributed by atoms with Crippen LogP contribution < -0.4 is 14.8 Å². The Morgan fingerprint density at radius 2 is 2.10 bits per heavy atom. The first-order valence-electron chi connectivity index (χ1n) is 6.13. The summed E-state index contributed by atoms with van der Waals surface area (Å²) in [5, 5.41) is 2.98. The molecule has 20 heavy (non-hydrogen) atoms. The third-order valence-corrected chi connectivity index (χ3v) is 4.68. The van der Waals surface area contributed by atoms with Crippen molar-refractivity contribution in [1.82, 2.24) is 9.62 Å². The van der Waals surface area contributed by atoms with Crippen LogP contribution in [0.4, 0.5) is 5.69 Å². The van der Waals surface area contributed by atoms with E-state index in [2.05, 4.69) is 26.0 Å². The molecule has 6 nitrogen and oxygen atoms in total. The fraction of sp³-hybridized carbons (Fsp3) is 0.500. The van der Waals surface area contributed by atoms with Crippen LogP contribution in [0.5, 0.6) is 5.75 Å². The van der Waals surface area contributed by atoms with Gasteiger partial charge in [-0.15, -0.1) is 0 Å². The second-order valence-corrected chi connectivity index (χ2v) is 6.92. The summed E-state index contributed by atoms with van der Waals surface area (Å²) in [5.74, 6) is 0.473. The van der Waals surface area contributed by atoms with Crippen LogP contribution in [-0.4, -0.2) is 47.0 Å². The van der Waals surface area contributed by atoms with Crippen molar-refractivity contribution in [1.29, 1.82) is 0 Å². The van der Waals surface area contributed by atoms with Crippen LogP contribution >= 0.6 is 15.9 Å². The molecule has 0 aliphatic rings. The molecule has 0 fully saturated rings. The molecule has 1 aromatic carbocycles. The largest absolute Gasteiger partial charge is 0.495 e. The van der Waals surface area contributed by atoms with E-state index in [0.29, 0.717) is 18.0 Å². The maximum absolute atomic E-state index is 12.2. The smallest absolute Gasteiger partial charge is 0.301 e. The molecule has 1 aromatic rings. The van der Waals surface area contributed by atoms with Gasteiger partial charge in [0.25, 0.3) is 0 Å². The van der Waals surface area contributed by atoms with Crippen molar-refractivity contribution in [2.45, 2.75) is 6.42 Å². The third kappa shape index (κ3) is 4.93. The van der Waals surface area contributed by atoms with Crippen molar-refractivity contribution < 1.29 is 13.2 Å². The molecule has 0 bridgehead atoms. The Balaban J connectivity index is 2.82. The summed E-state index contributed by atoms with van der Waals surface area (Å²) in [6.07, 6.45) is 0.740. The van der Waals surface area contributed by atoms with E-state index in [9.17, 15) is 8.42 Å². The summed E-state index contributed by atoms with van der Waals surface area (Å²) in [6.45, 7) is 1.20. The summed E-state index contributed by atoms with van der Waals surface area (Å²) in [4.78, 5) is 0. The second-order valence-electron chi connectivity index (χ2n) is 4.23. The molecule has 0 spiro atoms. The molecule has 0 unspecified atom stereocenters. The number of nitrogens with zero attached hydrogens (tertiary/aromatic N) is 1. The number of methoxy groups -OCH3 is 1. The summed E-state index contributed by atoms with van der Waals surface area (Å²) < 4.78 is 34.1. The molecule has 0 aliphatic heterocycles. The lowest BCUT2D eigenvalue weighted by molar-refractivity contribution is 0.416. The number of rotatable bonds is 8. The normalized spacial score (nSPS) is 11.7. The van der Waals surface area contributed by atoms with Crippen LogP contribution in [0.3, 0.4) is 0 Å². The highest BCUT2D eigenvalue weighted by atomic mass is 79.9. The van der Waals surface area contributed by atoms with Crippen LogP contribution in [0.1, 0.15) is 6.42 Å². The van der Waals surface area contributed by atoms with Gasteiger partial charge in [-0.2, -0.15) is 12.7 Å². The van der Waals surface area contributed by atoms with Crippen LogP contribution in [0, 0.1) is 0 Å². The number of anilines is 1. The molecular formula is C12H20BrN3O3S. The molecule has 0 saturated carbocycles. The highest BCUT2D eigenvalue weighted by Gasteiger charge is 2.19. The molecule has 0 atom stereocenters. The molecule has 0 amide bonds. The highest BCUT2D eigenvalue weighted by Crippen LogP contribution is 2.29. The zero-order chi connectivity index (χ0) is 15.2. The maximum Gasteiger partial charge on any atom is 0.301 e. The fourth-order valence-electron chi connectivity index (χ4n) is 1.58. The number of ether oxygens (including phenoxy) is 1.